The summed E-state index contributed by atoms with van der Waals surface area (Å²) >= 11 is 0. The number of sulfonamides is 1. The summed E-state index contributed by atoms with van der Waals surface area (Å²) in [6, 6.07) is 12.3. The summed E-state index contributed by atoms with van der Waals surface area (Å²) in [7, 11) is -3.56. The Morgan fingerprint density at radius 1 is 1.07 bits per heavy atom. The molecule has 0 unspecified atom stereocenters. The first kappa shape index (κ1) is 20.0. The molecule has 9 heteroatoms. The monoisotopic (exact) mass is 403 g/mol. The fraction of sp³-hybridized carbons (Fsp3) is 0.316. The molecule has 28 heavy (non-hydrogen) atoms. The van der Waals surface area contributed by atoms with E-state index in [0.29, 0.717) is 18.5 Å². The SMILES string of the molecule is Cc1ccc(S(=O)(=O)N2CCC(C(=O)Nc3ccc([N+](=O)[O-])cc3)CC2)cc1. The molecule has 0 bridgehead atoms. The number of benzene rings is 2. The summed E-state index contributed by atoms with van der Waals surface area (Å²) in [5.41, 5.74) is 1.42. The Labute approximate surface area is 163 Å². The van der Waals surface area contributed by atoms with Crippen LogP contribution in [0.1, 0.15) is 18.4 Å². The van der Waals surface area contributed by atoms with Gasteiger partial charge in [0.15, 0.2) is 0 Å². The van der Waals surface area contributed by atoms with Crippen molar-refractivity contribution in [2.75, 3.05) is 18.4 Å². The summed E-state index contributed by atoms with van der Waals surface area (Å²) in [4.78, 5) is 22.9. The van der Waals surface area contributed by atoms with Crippen LogP contribution in [0.4, 0.5) is 11.4 Å². The lowest BCUT2D eigenvalue weighted by atomic mass is 9.97. The van der Waals surface area contributed by atoms with Gasteiger partial charge < -0.3 is 5.32 Å². The first-order valence-electron chi connectivity index (χ1n) is 8.89. The van der Waals surface area contributed by atoms with Crippen LogP contribution >= 0.6 is 0 Å². The minimum absolute atomic E-state index is 0.0485. The number of hydrogen-bond donors (Lipinski definition) is 1. The summed E-state index contributed by atoms with van der Waals surface area (Å²) in [5.74, 6) is -0.513. The fourth-order valence-electron chi connectivity index (χ4n) is 3.13. The third-order valence-corrected chi connectivity index (χ3v) is 6.74. The van der Waals surface area contributed by atoms with Gasteiger partial charge >= 0.3 is 0 Å². The summed E-state index contributed by atoms with van der Waals surface area (Å²) < 4.78 is 26.9. The van der Waals surface area contributed by atoms with Crippen molar-refractivity contribution in [1.82, 2.24) is 4.31 Å². The Balaban J connectivity index is 1.59. The standard InChI is InChI=1S/C19H21N3O5S/c1-14-2-8-18(9-3-14)28(26,27)21-12-10-15(11-13-21)19(23)20-16-4-6-17(7-5-16)22(24)25/h2-9,15H,10-13H2,1H3,(H,20,23). The number of nitrogens with zero attached hydrogens (tertiary/aromatic N) is 2. The van der Waals surface area contributed by atoms with Gasteiger partial charge in [-0.05, 0) is 44.0 Å². The molecule has 1 aliphatic heterocycles. The highest BCUT2D eigenvalue weighted by atomic mass is 32.2. The predicted octanol–water partition coefficient (Wildman–Crippen LogP) is 2.94. The number of carbonyl (C=O) groups excluding carboxylic acids is 1. The van der Waals surface area contributed by atoms with E-state index in [0.717, 1.165) is 5.56 Å². The first-order valence-corrected chi connectivity index (χ1v) is 10.3. The molecular formula is C19H21N3O5S. The molecule has 3 rings (SSSR count). The maximum Gasteiger partial charge on any atom is 0.269 e. The van der Waals surface area contributed by atoms with E-state index in [2.05, 4.69) is 5.32 Å². The van der Waals surface area contributed by atoms with Crippen LogP contribution in [0.25, 0.3) is 0 Å². The number of carbonyl (C=O) groups is 1. The predicted molar refractivity (Wildman–Crippen MR) is 104 cm³/mol. The smallest absolute Gasteiger partial charge is 0.269 e. The lowest BCUT2D eigenvalue weighted by Gasteiger charge is -2.30. The van der Waals surface area contributed by atoms with Gasteiger partial charge in [-0.25, -0.2) is 8.42 Å². The second-order valence-corrected chi connectivity index (χ2v) is 8.72. The number of piperidine rings is 1. The summed E-state index contributed by atoms with van der Waals surface area (Å²) in [6.07, 6.45) is 0.841. The molecule has 1 amide bonds. The van der Waals surface area contributed by atoms with Gasteiger partial charge in [-0.3, -0.25) is 14.9 Å². The highest BCUT2D eigenvalue weighted by molar-refractivity contribution is 7.89. The third kappa shape index (κ3) is 4.37. The number of aryl methyl sites for hydroxylation is 1. The lowest BCUT2D eigenvalue weighted by molar-refractivity contribution is -0.384. The van der Waals surface area contributed by atoms with Crippen molar-refractivity contribution in [1.29, 1.82) is 0 Å². The second-order valence-electron chi connectivity index (χ2n) is 6.78. The van der Waals surface area contributed by atoms with Gasteiger partial charge in [0.25, 0.3) is 5.69 Å². The van der Waals surface area contributed by atoms with E-state index in [1.807, 2.05) is 6.92 Å². The van der Waals surface area contributed by atoms with Crippen molar-refractivity contribution in [2.24, 2.45) is 5.92 Å². The van der Waals surface area contributed by atoms with E-state index in [1.54, 1.807) is 24.3 Å². The molecule has 8 nitrogen and oxygen atoms in total. The van der Waals surface area contributed by atoms with Gasteiger partial charge in [0.05, 0.1) is 9.82 Å². The molecular weight excluding hydrogens is 382 g/mol. The van der Waals surface area contributed by atoms with Gasteiger partial charge in [0, 0.05) is 36.8 Å². The van der Waals surface area contributed by atoms with Crippen LogP contribution in [-0.4, -0.2) is 36.6 Å². The van der Waals surface area contributed by atoms with Crippen molar-refractivity contribution in [3.05, 3.63) is 64.2 Å². The molecule has 1 fully saturated rings. The van der Waals surface area contributed by atoms with Crippen LogP contribution < -0.4 is 5.32 Å². The van der Waals surface area contributed by atoms with Crippen molar-refractivity contribution in [2.45, 2.75) is 24.7 Å². The number of hydrogen-bond acceptors (Lipinski definition) is 5. The van der Waals surface area contributed by atoms with E-state index in [-0.39, 0.29) is 35.5 Å². The zero-order valence-electron chi connectivity index (χ0n) is 15.4. The maximum absolute atomic E-state index is 12.7. The van der Waals surface area contributed by atoms with E-state index < -0.39 is 14.9 Å². The van der Waals surface area contributed by atoms with E-state index >= 15 is 0 Å². The Bertz CT molecular complexity index is 964. The molecule has 0 spiro atoms. The fourth-order valence-corrected chi connectivity index (χ4v) is 4.60. The molecule has 2 aromatic rings. The second kappa shape index (κ2) is 8.07. The van der Waals surface area contributed by atoms with Crippen molar-refractivity contribution >= 4 is 27.3 Å². The Kier molecular flexibility index (Phi) is 5.76. The highest BCUT2D eigenvalue weighted by Gasteiger charge is 2.32. The van der Waals surface area contributed by atoms with Crippen LogP contribution in [-0.2, 0) is 14.8 Å². The van der Waals surface area contributed by atoms with Crippen LogP contribution in [0, 0.1) is 23.0 Å². The van der Waals surface area contributed by atoms with Crippen molar-refractivity contribution in [3.63, 3.8) is 0 Å². The summed E-state index contributed by atoms with van der Waals surface area (Å²) in [6.45, 7) is 2.44. The van der Waals surface area contributed by atoms with E-state index in [1.165, 1.54) is 28.6 Å². The van der Waals surface area contributed by atoms with Crippen LogP contribution in [0.2, 0.25) is 0 Å². The largest absolute Gasteiger partial charge is 0.326 e. The number of non-ortho nitro benzene ring substituents is 1. The quantitative estimate of drug-likeness (QED) is 0.610. The van der Waals surface area contributed by atoms with Crippen LogP contribution in [0.15, 0.2) is 53.4 Å². The molecule has 0 saturated carbocycles. The molecule has 2 aromatic carbocycles. The van der Waals surface area contributed by atoms with Gasteiger partial charge in [0.2, 0.25) is 15.9 Å². The molecule has 1 aliphatic rings. The Hall–Kier alpha value is -2.78. The maximum atomic E-state index is 12.7. The van der Waals surface area contributed by atoms with Gasteiger partial charge in [-0.1, -0.05) is 17.7 Å². The number of rotatable bonds is 5. The number of anilines is 1. The molecule has 1 saturated heterocycles. The van der Waals surface area contributed by atoms with E-state index in [4.69, 9.17) is 0 Å². The summed E-state index contributed by atoms with van der Waals surface area (Å²) in [5, 5.41) is 13.4. The van der Waals surface area contributed by atoms with Gasteiger partial charge in [0.1, 0.15) is 0 Å². The number of nitro benzene ring substituents is 1. The topological polar surface area (TPSA) is 110 Å². The van der Waals surface area contributed by atoms with Crippen LogP contribution in [0.5, 0.6) is 0 Å². The van der Waals surface area contributed by atoms with E-state index in [9.17, 15) is 23.3 Å². The minimum atomic E-state index is -3.56. The Morgan fingerprint density at radius 2 is 1.64 bits per heavy atom. The third-order valence-electron chi connectivity index (χ3n) is 4.83. The van der Waals surface area contributed by atoms with Crippen LogP contribution in [0.3, 0.4) is 0 Å². The molecule has 1 heterocycles. The molecule has 0 atom stereocenters. The molecule has 0 aromatic heterocycles. The molecule has 0 aliphatic carbocycles. The average Bonchev–Trinajstić information content (AvgIpc) is 2.69. The Morgan fingerprint density at radius 3 is 2.18 bits per heavy atom. The van der Waals surface area contributed by atoms with Gasteiger partial charge in [-0.2, -0.15) is 4.31 Å². The zero-order valence-corrected chi connectivity index (χ0v) is 16.2. The van der Waals surface area contributed by atoms with Gasteiger partial charge in [-0.15, -0.1) is 0 Å². The highest BCUT2D eigenvalue weighted by Crippen LogP contribution is 2.25. The lowest BCUT2D eigenvalue weighted by Crippen LogP contribution is -2.41. The number of amides is 1. The molecule has 1 N–H and O–H groups in total. The first-order chi connectivity index (χ1) is 13.3. The normalized spacial score (nSPS) is 15.9. The minimum Gasteiger partial charge on any atom is -0.326 e. The number of nitro groups is 1. The molecule has 0 radical (unpaired) electrons. The zero-order chi connectivity index (χ0) is 20.3. The average molecular weight is 403 g/mol. The van der Waals surface area contributed by atoms with Crippen molar-refractivity contribution in [3.8, 4) is 0 Å². The molecule has 148 valence electrons. The number of nitrogens with one attached hydrogen (secondary N) is 1. The van der Waals surface area contributed by atoms with Crippen molar-refractivity contribution < 1.29 is 18.1 Å².